The number of aryl methyl sites for hydroxylation is 1. The Labute approximate surface area is 132 Å². The molecule has 0 spiro atoms. The molecule has 0 unspecified atom stereocenters. The van der Waals surface area contributed by atoms with Crippen LogP contribution in [0.15, 0.2) is 54.6 Å². The lowest BCUT2D eigenvalue weighted by Crippen LogP contribution is -1.96. The lowest BCUT2D eigenvalue weighted by molar-refractivity contribution is 0.0702. The zero-order valence-corrected chi connectivity index (χ0v) is 12.9. The fraction of sp³-hybridized carbons (Fsp3) is 0.111. The number of carboxylic acid groups (broad SMARTS) is 1. The second-order valence-electron chi connectivity index (χ2n) is 5.07. The molecule has 0 radical (unpaired) electrons. The van der Waals surface area contributed by atoms with Gasteiger partial charge in [-0.25, -0.2) is 9.78 Å². The predicted molar refractivity (Wildman–Crippen MR) is 88.5 cm³/mol. The van der Waals surface area contributed by atoms with Gasteiger partial charge < -0.3 is 5.11 Å². The molecule has 1 N–H and O–H groups in total. The van der Waals surface area contributed by atoms with E-state index in [1.54, 1.807) is 0 Å². The number of aromatic carboxylic acids is 1. The molecule has 3 aromatic rings. The Kier molecular flexibility index (Phi) is 4.02. The second-order valence-corrected chi connectivity index (χ2v) is 6.15. The van der Waals surface area contributed by atoms with Crippen LogP contribution in [0, 0.1) is 6.92 Å². The molecule has 0 aliphatic heterocycles. The van der Waals surface area contributed by atoms with Crippen LogP contribution in [-0.2, 0) is 6.42 Å². The van der Waals surface area contributed by atoms with Crippen LogP contribution in [0.1, 0.15) is 25.8 Å². The predicted octanol–water partition coefficient (Wildman–Crippen LogP) is 4.41. The second kappa shape index (κ2) is 6.12. The maximum absolute atomic E-state index is 11.5. The van der Waals surface area contributed by atoms with Gasteiger partial charge in [-0.2, -0.15) is 0 Å². The van der Waals surface area contributed by atoms with E-state index in [1.165, 1.54) is 11.3 Å². The van der Waals surface area contributed by atoms with Gasteiger partial charge in [-0.05, 0) is 18.1 Å². The van der Waals surface area contributed by atoms with Crippen LogP contribution >= 0.6 is 11.3 Å². The Morgan fingerprint density at radius 2 is 1.77 bits per heavy atom. The lowest BCUT2D eigenvalue weighted by Gasteiger charge is -2.03. The van der Waals surface area contributed by atoms with Gasteiger partial charge in [-0.15, -0.1) is 11.3 Å². The minimum Gasteiger partial charge on any atom is -0.477 e. The molecule has 110 valence electrons. The highest BCUT2D eigenvalue weighted by atomic mass is 32.1. The van der Waals surface area contributed by atoms with Crippen molar-refractivity contribution in [1.82, 2.24) is 4.98 Å². The van der Waals surface area contributed by atoms with Crippen molar-refractivity contribution in [3.8, 4) is 11.3 Å². The summed E-state index contributed by atoms with van der Waals surface area (Å²) in [6, 6.07) is 17.7. The van der Waals surface area contributed by atoms with Crippen LogP contribution in [-0.4, -0.2) is 16.1 Å². The van der Waals surface area contributed by atoms with E-state index in [1.807, 2.05) is 61.5 Å². The monoisotopic (exact) mass is 309 g/mol. The first-order valence-corrected chi connectivity index (χ1v) is 7.79. The Balaban J connectivity index is 2.03. The number of nitrogens with zero attached hydrogens (tertiary/aromatic N) is 1. The molecule has 22 heavy (non-hydrogen) atoms. The number of hydrogen-bond acceptors (Lipinski definition) is 3. The average molecular weight is 309 g/mol. The number of rotatable bonds is 4. The van der Waals surface area contributed by atoms with Crippen LogP contribution in [0.2, 0.25) is 0 Å². The summed E-state index contributed by atoms with van der Waals surface area (Å²) in [5.74, 6) is -0.921. The van der Waals surface area contributed by atoms with E-state index >= 15 is 0 Å². The molecule has 0 atom stereocenters. The molecule has 0 fully saturated rings. The average Bonchev–Trinajstić information content (AvgIpc) is 2.92. The summed E-state index contributed by atoms with van der Waals surface area (Å²) in [6.45, 7) is 1.97. The third kappa shape index (κ3) is 2.92. The number of carboxylic acids is 1. The zero-order chi connectivity index (χ0) is 15.5. The molecule has 0 saturated carbocycles. The van der Waals surface area contributed by atoms with Crippen molar-refractivity contribution in [3.63, 3.8) is 0 Å². The van der Waals surface area contributed by atoms with Crippen molar-refractivity contribution >= 4 is 17.3 Å². The van der Waals surface area contributed by atoms with E-state index < -0.39 is 5.97 Å². The van der Waals surface area contributed by atoms with Crippen molar-refractivity contribution in [2.75, 3.05) is 0 Å². The van der Waals surface area contributed by atoms with Gasteiger partial charge in [0.25, 0.3) is 0 Å². The number of aromatic nitrogens is 1. The minimum absolute atomic E-state index is 0.306. The Morgan fingerprint density at radius 3 is 2.45 bits per heavy atom. The smallest absolute Gasteiger partial charge is 0.348 e. The maximum atomic E-state index is 11.5. The van der Waals surface area contributed by atoms with Crippen LogP contribution in [0.4, 0.5) is 0 Å². The van der Waals surface area contributed by atoms with Crippen molar-refractivity contribution in [2.24, 2.45) is 0 Å². The van der Waals surface area contributed by atoms with Crippen LogP contribution in [0.25, 0.3) is 11.3 Å². The number of thiazole rings is 1. The molecule has 3 nitrogen and oxygen atoms in total. The summed E-state index contributed by atoms with van der Waals surface area (Å²) in [7, 11) is 0. The van der Waals surface area contributed by atoms with E-state index in [-0.39, 0.29) is 0 Å². The summed E-state index contributed by atoms with van der Waals surface area (Å²) in [5, 5.41) is 10.3. The van der Waals surface area contributed by atoms with Gasteiger partial charge in [-0.3, -0.25) is 0 Å². The largest absolute Gasteiger partial charge is 0.477 e. The fourth-order valence-corrected chi connectivity index (χ4v) is 3.33. The third-order valence-electron chi connectivity index (χ3n) is 3.46. The molecule has 0 aliphatic rings. The Morgan fingerprint density at radius 1 is 1.09 bits per heavy atom. The van der Waals surface area contributed by atoms with Gasteiger partial charge in [0.1, 0.15) is 4.88 Å². The molecule has 0 aliphatic carbocycles. The Hall–Kier alpha value is -2.46. The molecule has 2 aromatic carbocycles. The first kappa shape index (κ1) is 14.5. The highest BCUT2D eigenvalue weighted by molar-refractivity contribution is 7.14. The van der Waals surface area contributed by atoms with Crippen LogP contribution < -0.4 is 0 Å². The molecular weight excluding hydrogens is 294 g/mol. The fourth-order valence-electron chi connectivity index (χ4n) is 2.38. The molecule has 1 aromatic heterocycles. The quantitative estimate of drug-likeness (QED) is 0.776. The lowest BCUT2D eigenvalue weighted by atomic mass is 10.1. The van der Waals surface area contributed by atoms with Gasteiger partial charge in [0.15, 0.2) is 0 Å². The zero-order valence-electron chi connectivity index (χ0n) is 12.1. The summed E-state index contributed by atoms with van der Waals surface area (Å²) < 4.78 is 0. The van der Waals surface area contributed by atoms with E-state index in [2.05, 4.69) is 4.98 Å². The number of benzene rings is 2. The SMILES string of the molecule is Cc1ccccc1-c1nc(Cc2ccccc2)sc1C(=O)O. The van der Waals surface area contributed by atoms with Crippen molar-refractivity contribution in [2.45, 2.75) is 13.3 Å². The molecule has 4 heteroatoms. The first-order chi connectivity index (χ1) is 10.6. The Bertz CT molecular complexity index is 809. The van der Waals surface area contributed by atoms with Gasteiger partial charge in [0.05, 0.1) is 10.7 Å². The molecule has 3 rings (SSSR count). The molecule has 0 saturated heterocycles. The number of hydrogen-bond donors (Lipinski definition) is 1. The minimum atomic E-state index is -0.921. The highest BCUT2D eigenvalue weighted by Crippen LogP contribution is 2.31. The van der Waals surface area contributed by atoms with Crippen LogP contribution in [0.3, 0.4) is 0 Å². The topological polar surface area (TPSA) is 50.2 Å². The van der Waals surface area contributed by atoms with E-state index in [0.717, 1.165) is 21.7 Å². The first-order valence-electron chi connectivity index (χ1n) is 6.98. The van der Waals surface area contributed by atoms with Gasteiger partial charge in [-0.1, -0.05) is 54.6 Å². The highest BCUT2D eigenvalue weighted by Gasteiger charge is 2.19. The summed E-state index contributed by atoms with van der Waals surface area (Å²) in [4.78, 5) is 16.4. The number of carbonyl (C=O) groups is 1. The normalized spacial score (nSPS) is 10.6. The van der Waals surface area contributed by atoms with Gasteiger partial charge in [0.2, 0.25) is 0 Å². The summed E-state index contributed by atoms with van der Waals surface area (Å²) >= 11 is 1.26. The van der Waals surface area contributed by atoms with E-state index in [0.29, 0.717) is 17.0 Å². The van der Waals surface area contributed by atoms with Crippen LogP contribution in [0.5, 0.6) is 0 Å². The molecule has 0 amide bonds. The third-order valence-corrected chi connectivity index (χ3v) is 4.51. The van der Waals surface area contributed by atoms with E-state index in [4.69, 9.17) is 0 Å². The maximum Gasteiger partial charge on any atom is 0.348 e. The van der Waals surface area contributed by atoms with Gasteiger partial charge >= 0.3 is 5.97 Å². The molecule has 1 heterocycles. The molecule has 0 bridgehead atoms. The summed E-state index contributed by atoms with van der Waals surface area (Å²) in [6.07, 6.45) is 0.650. The van der Waals surface area contributed by atoms with Crippen molar-refractivity contribution < 1.29 is 9.90 Å². The van der Waals surface area contributed by atoms with E-state index in [9.17, 15) is 9.90 Å². The molecular formula is C18H15NO2S. The standard InChI is InChI=1S/C18H15NO2S/c1-12-7-5-6-10-14(12)16-17(18(20)21)22-15(19-16)11-13-8-3-2-4-9-13/h2-10H,11H2,1H3,(H,20,21). The summed E-state index contributed by atoms with van der Waals surface area (Å²) in [5.41, 5.74) is 3.61. The van der Waals surface area contributed by atoms with Gasteiger partial charge in [0, 0.05) is 12.0 Å². The van der Waals surface area contributed by atoms with Crippen molar-refractivity contribution in [3.05, 3.63) is 75.6 Å². The van der Waals surface area contributed by atoms with Crippen molar-refractivity contribution in [1.29, 1.82) is 0 Å².